The van der Waals surface area contributed by atoms with E-state index in [9.17, 15) is 22.0 Å². The van der Waals surface area contributed by atoms with Crippen molar-refractivity contribution in [1.82, 2.24) is 15.1 Å². The van der Waals surface area contributed by atoms with Crippen LogP contribution in [0.3, 0.4) is 0 Å². The van der Waals surface area contributed by atoms with E-state index in [0.717, 1.165) is 29.1 Å². The van der Waals surface area contributed by atoms with Crippen LogP contribution in [0.2, 0.25) is 0 Å². The Kier molecular flexibility index (Phi) is 8.90. The second-order valence-corrected chi connectivity index (χ2v) is 14.3. The number of rotatable bonds is 7. The molecule has 11 heteroatoms. The maximum absolute atomic E-state index is 14.8. The second kappa shape index (κ2) is 12.5. The van der Waals surface area contributed by atoms with E-state index in [4.69, 9.17) is 5.10 Å². The Morgan fingerprint density at radius 1 is 0.977 bits per heavy atom. The smallest absolute Gasteiger partial charge is 0.317 e. The Balaban J connectivity index is 1.44. The second-order valence-electron chi connectivity index (χ2n) is 12.2. The number of anilines is 2. The van der Waals surface area contributed by atoms with Gasteiger partial charge >= 0.3 is 6.03 Å². The fourth-order valence-corrected chi connectivity index (χ4v) is 7.63. The van der Waals surface area contributed by atoms with Gasteiger partial charge in [-0.15, -0.1) is 0 Å². The highest BCUT2D eigenvalue weighted by Gasteiger charge is 2.38. The summed E-state index contributed by atoms with van der Waals surface area (Å²) in [5.74, 6) is -1.82. The van der Waals surface area contributed by atoms with Crippen LogP contribution in [-0.2, 0) is 15.3 Å². The average molecular weight is 622 g/mol. The van der Waals surface area contributed by atoms with Gasteiger partial charge in [-0.25, -0.2) is 26.7 Å². The first-order valence-corrected chi connectivity index (χ1v) is 16.1. The van der Waals surface area contributed by atoms with Crippen molar-refractivity contribution in [3.05, 3.63) is 101 Å². The molecule has 3 N–H and O–H groups in total. The van der Waals surface area contributed by atoms with Crippen LogP contribution in [0.25, 0.3) is 5.69 Å². The number of piperidine rings is 1. The summed E-state index contributed by atoms with van der Waals surface area (Å²) < 4.78 is 58.0. The van der Waals surface area contributed by atoms with Crippen molar-refractivity contribution in [1.29, 1.82) is 0 Å². The molecule has 1 saturated heterocycles. The zero-order valence-corrected chi connectivity index (χ0v) is 26.0. The maximum atomic E-state index is 14.8. The lowest BCUT2D eigenvalue weighted by Crippen LogP contribution is -2.34. The molecule has 1 unspecified atom stereocenters. The van der Waals surface area contributed by atoms with E-state index in [-0.39, 0.29) is 11.3 Å². The van der Waals surface area contributed by atoms with Crippen LogP contribution in [0, 0.1) is 24.5 Å². The summed E-state index contributed by atoms with van der Waals surface area (Å²) in [6.07, 6.45) is 1.12. The molecular weight excluding hydrogens is 584 g/mol. The molecule has 44 heavy (non-hydrogen) atoms. The van der Waals surface area contributed by atoms with Gasteiger partial charge in [0.05, 0.1) is 16.6 Å². The topological polar surface area (TPSA) is 105 Å². The van der Waals surface area contributed by atoms with Gasteiger partial charge in [0.15, 0.2) is 9.84 Å². The monoisotopic (exact) mass is 621 g/mol. The fraction of sp³-hybridized carbons (Fsp3) is 0.333. The predicted molar refractivity (Wildman–Crippen MR) is 168 cm³/mol. The summed E-state index contributed by atoms with van der Waals surface area (Å²) in [6, 6.07) is 18.2. The van der Waals surface area contributed by atoms with Crippen molar-refractivity contribution in [2.45, 2.75) is 56.1 Å². The zero-order valence-electron chi connectivity index (χ0n) is 25.2. The largest absolute Gasteiger partial charge is 0.324 e. The quantitative estimate of drug-likeness (QED) is 0.195. The number of nitrogens with zero attached hydrogens (tertiary/aromatic N) is 2. The van der Waals surface area contributed by atoms with Crippen molar-refractivity contribution >= 4 is 27.4 Å². The van der Waals surface area contributed by atoms with Gasteiger partial charge in [0.2, 0.25) is 0 Å². The number of aromatic nitrogens is 2. The number of amides is 2. The first-order chi connectivity index (χ1) is 20.8. The lowest BCUT2D eigenvalue weighted by Gasteiger charge is -2.31. The highest BCUT2D eigenvalue weighted by Crippen LogP contribution is 2.41. The molecule has 2 amide bonds. The number of hydrogen-bond donors (Lipinski definition) is 3. The molecule has 2 heterocycles. The third-order valence-electron chi connectivity index (χ3n) is 7.82. The van der Waals surface area contributed by atoms with E-state index in [2.05, 4.69) is 16.0 Å². The molecule has 232 valence electrons. The fourth-order valence-electron chi connectivity index (χ4n) is 5.49. The van der Waals surface area contributed by atoms with E-state index < -0.39 is 37.6 Å². The lowest BCUT2D eigenvalue weighted by molar-refractivity contribution is 0.262. The minimum absolute atomic E-state index is 0.268. The van der Waals surface area contributed by atoms with Crippen LogP contribution in [-0.4, -0.2) is 37.3 Å². The van der Waals surface area contributed by atoms with Gasteiger partial charge in [0, 0.05) is 23.2 Å². The first-order valence-electron chi connectivity index (χ1n) is 14.6. The van der Waals surface area contributed by atoms with Gasteiger partial charge in [-0.1, -0.05) is 50.6 Å². The molecular formula is C33H37F2N5O3S. The number of urea groups is 1. The Bertz CT molecular complexity index is 1760. The SMILES string of the molecule is Cc1ccc(-n2nc(C(C)(C)C)cc2NC(=O)Nc2cccc(C(C3CCNCC3)S(=O)(=O)c3ccc(F)cc3F)c2)cc1. The first kappa shape index (κ1) is 31.3. The van der Waals surface area contributed by atoms with E-state index >= 15 is 0 Å². The summed E-state index contributed by atoms with van der Waals surface area (Å²) in [4.78, 5) is 12.7. The molecule has 1 aliphatic rings. The van der Waals surface area contributed by atoms with Gasteiger partial charge in [-0.05, 0) is 80.7 Å². The van der Waals surface area contributed by atoms with Crippen LogP contribution in [0.1, 0.15) is 55.7 Å². The summed E-state index contributed by atoms with van der Waals surface area (Å²) in [6.45, 7) is 9.34. The van der Waals surface area contributed by atoms with Crippen molar-refractivity contribution < 1.29 is 22.0 Å². The Hall–Kier alpha value is -4.09. The number of nitrogens with one attached hydrogen (secondary N) is 3. The van der Waals surface area contributed by atoms with E-state index in [1.54, 1.807) is 28.9 Å². The molecule has 0 spiro atoms. The standard InChI is InChI=1S/C33H37F2N5O3S/c1-21-8-11-26(12-9-21)40-30(20-29(39-40)33(2,3)4)38-32(41)37-25-7-5-6-23(18-25)31(22-14-16-36-17-15-22)44(42,43)28-13-10-24(34)19-27(28)35/h5-13,18-20,22,31,36H,14-17H2,1-4H3,(H2,37,38,41). The zero-order chi connectivity index (χ0) is 31.6. The van der Waals surface area contributed by atoms with Gasteiger partial charge in [-0.2, -0.15) is 5.10 Å². The lowest BCUT2D eigenvalue weighted by atomic mass is 9.90. The van der Waals surface area contributed by atoms with Crippen LogP contribution >= 0.6 is 0 Å². The van der Waals surface area contributed by atoms with Crippen molar-refractivity contribution in [2.75, 3.05) is 23.7 Å². The molecule has 0 bridgehead atoms. The van der Waals surface area contributed by atoms with Crippen molar-refractivity contribution in [2.24, 2.45) is 5.92 Å². The highest BCUT2D eigenvalue weighted by molar-refractivity contribution is 7.91. The highest BCUT2D eigenvalue weighted by atomic mass is 32.2. The molecule has 1 fully saturated rings. The summed E-state index contributed by atoms with van der Waals surface area (Å²) in [7, 11) is -4.25. The molecule has 3 aromatic carbocycles. The third-order valence-corrected chi connectivity index (χ3v) is 10.1. The van der Waals surface area contributed by atoms with Gasteiger partial charge in [0.25, 0.3) is 0 Å². The van der Waals surface area contributed by atoms with Gasteiger partial charge in [-0.3, -0.25) is 5.32 Å². The Labute approximate surface area is 256 Å². The molecule has 1 aliphatic heterocycles. The van der Waals surface area contributed by atoms with E-state index in [0.29, 0.717) is 49.1 Å². The molecule has 1 atom stereocenters. The Morgan fingerprint density at radius 2 is 1.68 bits per heavy atom. The number of aryl methyl sites for hydroxylation is 1. The molecule has 8 nitrogen and oxygen atoms in total. The third kappa shape index (κ3) is 6.84. The maximum Gasteiger partial charge on any atom is 0.324 e. The van der Waals surface area contributed by atoms with E-state index in [1.807, 2.05) is 58.0 Å². The number of carbonyl (C=O) groups excluding carboxylic acids is 1. The van der Waals surface area contributed by atoms with Gasteiger partial charge < -0.3 is 10.6 Å². The molecule has 4 aromatic rings. The summed E-state index contributed by atoms with van der Waals surface area (Å²) in [5.41, 5.74) is 3.18. The number of sulfone groups is 1. The minimum Gasteiger partial charge on any atom is -0.317 e. The van der Waals surface area contributed by atoms with Gasteiger partial charge in [0.1, 0.15) is 22.3 Å². The predicted octanol–water partition coefficient (Wildman–Crippen LogP) is 6.92. The van der Waals surface area contributed by atoms with Crippen LogP contribution in [0.4, 0.5) is 25.1 Å². The number of hydrogen-bond acceptors (Lipinski definition) is 5. The minimum atomic E-state index is -4.25. The van der Waals surface area contributed by atoms with Crippen molar-refractivity contribution in [3.8, 4) is 5.69 Å². The molecule has 0 aliphatic carbocycles. The van der Waals surface area contributed by atoms with Crippen molar-refractivity contribution in [3.63, 3.8) is 0 Å². The molecule has 0 saturated carbocycles. The van der Waals surface area contributed by atoms with Crippen LogP contribution in [0.5, 0.6) is 0 Å². The van der Waals surface area contributed by atoms with Crippen LogP contribution in [0.15, 0.2) is 77.7 Å². The molecule has 1 aromatic heterocycles. The normalized spacial score (nSPS) is 15.1. The van der Waals surface area contributed by atoms with Crippen LogP contribution < -0.4 is 16.0 Å². The molecule has 5 rings (SSSR count). The Morgan fingerprint density at radius 3 is 2.34 bits per heavy atom. The van der Waals surface area contributed by atoms with E-state index in [1.165, 1.54) is 0 Å². The number of carbonyl (C=O) groups is 1. The summed E-state index contributed by atoms with van der Waals surface area (Å²) in [5, 5.41) is 12.6. The number of halogens is 2. The summed E-state index contributed by atoms with van der Waals surface area (Å²) >= 11 is 0. The average Bonchev–Trinajstić information content (AvgIpc) is 3.38. The molecule has 0 radical (unpaired) electrons. The number of benzene rings is 3.